The number of anilines is 2. The standard InChI is InChI=1S/C12H12N4/c1-9-4-3-5-11(12(9)15-2)16-8-10(6-13)7-14/h3-5,8,15-16H,1-2H3. The zero-order valence-electron chi connectivity index (χ0n) is 9.20. The molecule has 0 bridgehead atoms. The Morgan fingerprint density at radius 1 is 1.31 bits per heavy atom. The van der Waals surface area contributed by atoms with Crippen molar-refractivity contribution >= 4 is 11.4 Å². The number of para-hydroxylation sites is 1. The molecule has 0 fully saturated rings. The Morgan fingerprint density at radius 2 is 2.00 bits per heavy atom. The average molecular weight is 212 g/mol. The highest BCUT2D eigenvalue weighted by atomic mass is 14.9. The fraction of sp³-hybridized carbons (Fsp3) is 0.167. The Kier molecular flexibility index (Phi) is 3.94. The monoisotopic (exact) mass is 212 g/mol. The molecule has 4 heteroatoms. The second kappa shape index (κ2) is 5.43. The molecule has 0 aromatic heterocycles. The van der Waals surface area contributed by atoms with Crippen molar-refractivity contribution in [1.82, 2.24) is 0 Å². The van der Waals surface area contributed by atoms with E-state index in [0.717, 1.165) is 16.9 Å². The van der Waals surface area contributed by atoms with Gasteiger partial charge in [-0.25, -0.2) is 0 Å². The number of nitrogens with zero attached hydrogens (tertiary/aromatic N) is 2. The molecule has 0 aliphatic heterocycles. The second-order valence-corrected chi connectivity index (χ2v) is 3.17. The van der Waals surface area contributed by atoms with Gasteiger partial charge in [-0.15, -0.1) is 0 Å². The van der Waals surface area contributed by atoms with Crippen molar-refractivity contribution in [2.45, 2.75) is 6.92 Å². The van der Waals surface area contributed by atoms with Crippen LogP contribution in [0.1, 0.15) is 5.56 Å². The number of aryl methyl sites for hydroxylation is 1. The molecule has 0 heterocycles. The first-order valence-corrected chi connectivity index (χ1v) is 4.77. The van der Waals surface area contributed by atoms with E-state index in [0.29, 0.717) is 0 Å². The summed E-state index contributed by atoms with van der Waals surface area (Å²) < 4.78 is 0. The van der Waals surface area contributed by atoms with Crippen LogP contribution < -0.4 is 10.6 Å². The smallest absolute Gasteiger partial charge is 0.145 e. The van der Waals surface area contributed by atoms with E-state index in [9.17, 15) is 0 Å². The van der Waals surface area contributed by atoms with Gasteiger partial charge in [0.15, 0.2) is 0 Å². The van der Waals surface area contributed by atoms with Gasteiger partial charge in [-0.2, -0.15) is 10.5 Å². The maximum atomic E-state index is 8.59. The number of rotatable bonds is 3. The fourth-order valence-electron chi connectivity index (χ4n) is 1.36. The number of allylic oxidation sites excluding steroid dienone is 1. The van der Waals surface area contributed by atoms with Crippen molar-refractivity contribution in [2.24, 2.45) is 0 Å². The van der Waals surface area contributed by atoms with Crippen LogP contribution >= 0.6 is 0 Å². The molecule has 0 amide bonds. The molecule has 0 aliphatic rings. The van der Waals surface area contributed by atoms with E-state index in [1.165, 1.54) is 6.20 Å². The van der Waals surface area contributed by atoms with Crippen LogP contribution in [0.5, 0.6) is 0 Å². The summed E-state index contributed by atoms with van der Waals surface area (Å²) in [7, 11) is 1.83. The number of benzene rings is 1. The maximum absolute atomic E-state index is 8.59. The van der Waals surface area contributed by atoms with Crippen molar-refractivity contribution in [2.75, 3.05) is 17.7 Å². The van der Waals surface area contributed by atoms with Gasteiger partial charge < -0.3 is 10.6 Å². The lowest BCUT2D eigenvalue weighted by Crippen LogP contribution is -1.98. The quantitative estimate of drug-likeness (QED) is 0.754. The van der Waals surface area contributed by atoms with Crippen LogP contribution in [0.15, 0.2) is 30.0 Å². The van der Waals surface area contributed by atoms with Gasteiger partial charge in [0, 0.05) is 13.2 Å². The van der Waals surface area contributed by atoms with Crippen LogP contribution in [0.3, 0.4) is 0 Å². The van der Waals surface area contributed by atoms with Gasteiger partial charge >= 0.3 is 0 Å². The van der Waals surface area contributed by atoms with Crippen molar-refractivity contribution in [3.63, 3.8) is 0 Å². The van der Waals surface area contributed by atoms with Crippen LogP contribution in [-0.4, -0.2) is 7.05 Å². The van der Waals surface area contributed by atoms with Gasteiger partial charge in [-0.3, -0.25) is 0 Å². The molecule has 1 aromatic carbocycles. The minimum Gasteiger partial charge on any atom is -0.386 e. The largest absolute Gasteiger partial charge is 0.386 e. The SMILES string of the molecule is CNc1c(C)cccc1NC=C(C#N)C#N. The van der Waals surface area contributed by atoms with Crippen LogP contribution in [0.2, 0.25) is 0 Å². The lowest BCUT2D eigenvalue weighted by Gasteiger charge is -2.11. The molecular formula is C12H12N4. The molecule has 80 valence electrons. The Labute approximate surface area is 94.8 Å². The topological polar surface area (TPSA) is 71.6 Å². The molecule has 0 spiro atoms. The van der Waals surface area contributed by atoms with Crippen LogP contribution in [0, 0.1) is 29.6 Å². The molecule has 1 rings (SSSR count). The van der Waals surface area contributed by atoms with Gasteiger partial charge in [-0.1, -0.05) is 12.1 Å². The molecule has 2 N–H and O–H groups in total. The van der Waals surface area contributed by atoms with E-state index >= 15 is 0 Å². The van der Waals surface area contributed by atoms with E-state index in [2.05, 4.69) is 10.6 Å². The first kappa shape index (κ1) is 11.6. The summed E-state index contributed by atoms with van der Waals surface area (Å²) in [5.74, 6) is 0. The first-order valence-electron chi connectivity index (χ1n) is 4.77. The molecule has 4 nitrogen and oxygen atoms in total. The predicted molar refractivity (Wildman–Crippen MR) is 63.7 cm³/mol. The lowest BCUT2D eigenvalue weighted by atomic mass is 10.1. The van der Waals surface area contributed by atoms with Crippen LogP contribution in [0.25, 0.3) is 0 Å². The number of nitriles is 2. The van der Waals surface area contributed by atoms with Crippen molar-refractivity contribution in [3.8, 4) is 12.1 Å². The van der Waals surface area contributed by atoms with Gasteiger partial charge in [0.05, 0.1) is 11.4 Å². The average Bonchev–Trinajstić information content (AvgIpc) is 2.30. The fourth-order valence-corrected chi connectivity index (χ4v) is 1.36. The van der Waals surface area contributed by atoms with Gasteiger partial charge in [0.25, 0.3) is 0 Å². The highest BCUT2D eigenvalue weighted by Crippen LogP contribution is 2.24. The molecule has 0 saturated heterocycles. The van der Waals surface area contributed by atoms with Crippen molar-refractivity contribution in [3.05, 3.63) is 35.5 Å². The summed E-state index contributed by atoms with van der Waals surface area (Å²) in [5.41, 5.74) is 2.93. The lowest BCUT2D eigenvalue weighted by molar-refractivity contribution is 1.38. The minimum absolute atomic E-state index is 0.0450. The predicted octanol–water partition coefficient (Wildman–Crippen LogP) is 2.38. The molecule has 0 radical (unpaired) electrons. The Morgan fingerprint density at radius 3 is 2.56 bits per heavy atom. The second-order valence-electron chi connectivity index (χ2n) is 3.17. The Bertz CT molecular complexity index is 473. The summed E-state index contributed by atoms with van der Waals surface area (Å²) >= 11 is 0. The summed E-state index contributed by atoms with van der Waals surface area (Å²) in [5, 5.41) is 23.2. The zero-order chi connectivity index (χ0) is 12.0. The summed E-state index contributed by atoms with van der Waals surface area (Å²) in [6.07, 6.45) is 1.40. The minimum atomic E-state index is 0.0450. The highest BCUT2D eigenvalue weighted by Gasteiger charge is 2.02. The number of hydrogen-bond donors (Lipinski definition) is 2. The molecule has 16 heavy (non-hydrogen) atoms. The number of hydrogen-bond acceptors (Lipinski definition) is 4. The molecule has 1 aromatic rings. The third-order valence-electron chi connectivity index (χ3n) is 2.14. The third kappa shape index (κ3) is 2.52. The number of nitrogens with one attached hydrogen (secondary N) is 2. The summed E-state index contributed by atoms with van der Waals surface area (Å²) in [6, 6.07) is 9.35. The normalized spacial score (nSPS) is 8.50. The van der Waals surface area contributed by atoms with Gasteiger partial charge in [0.1, 0.15) is 17.7 Å². The van der Waals surface area contributed by atoms with E-state index in [1.54, 1.807) is 12.1 Å². The van der Waals surface area contributed by atoms with Crippen molar-refractivity contribution < 1.29 is 0 Å². The summed E-state index contributed by atoms with van der Waals surface area (Å²) in [4.78, 5) is 0. The van der Waals surface area contributed by atoms with Crippen LogP contribution in [0.4, 0.5) is 11.4 Å². The highest BCUT2D eigenvalue weighted by molar-refractivity contribution is 5.73. The molecule has 0 unspecified atom stereocenters. The van der Waals surface area contributed by atoms with E-state index in [1.807, 2.05) is 32.2 Å². The van der Waals surface area contributed by atoms with Crippen LogP contribution in [-0.2, 0) is 0 Å². The van der Waals surface area contributed by atoms with Gasteiger partial charge in [-0.05, 0) is 18.6 Å². The van der Waals surface area contributed by atoms with Gasteiger partial charge in [0.2, 0.25) is 0 Å². The first-order chi connectivity index (χ1) is 7.72. The van der Waals surface area contributed by atoms with Crippen molar-refractivity contribution in [1.29, 1.82) is 10.5 Å². The van der Waals surface area contributed by atoms with E-state index in [-0.39, 0.29) is 5.57 Å². The van der Waals surface area contributed by atoms with E-state index < -0.39 is 0 Å². The maximum Gasteiger partial charge on any atom is 0.145 e. The Hall–Kier alpha value is -2.46. The third-order valence-corrected chi connectivity index (χ3v) is 2.14. The zero-order valence-corrected chi connectivity index (χ0v) is 9.20. The Balaban J connectivity index is 3.00. The molecular weight excluding hydrogens is 200 g/mol. The molecule has 0 saturated carbocycles. The molecule has 0 atom stereocenters. The molecule has 0 aliphatic carbocycles. The summed E-state index contributed by atoms with van der Waals surface area (Å²) in [6.45, 7) is 1.98. The van der Waals surface area contributed by atoms with E-state index in [4.69, 9.17) is 10.5 Å².